The average Bonchev–Trinajstić information content (AvgIpc) is 3.24. The molecule has 0 N–H and O–H groups in total. The van der Waals surface area contributed by atoms with Gasteiger partial charge in [-0.15, -0.1) is 0 Å². The molecule has 0 saturated carbocycles. The third-order valence-corrected chi connectivity index (χ3v) is 3.68. The molecule has 0 atom stereocenters. The minimum atomic E-state index is 0.416. The molecular weight excluding hydrogens is 552 g/mol. The molecule has 4 heterocycles. The Labute approximate surface area is 202 Å². The van der Waals surface area contributed by atoms with E-state index in [1.54, 1.807) is 29.0 Å². The predicted molar refractivity (Wildman–Crippen MR) is 120 cm³/mol. The van der Waals surface area contributed by atoms with E-state index in [1.807, 2.05) is 19.1 Å². The minimum absolute atomic E-state index is 0.416. The molecule has 0 saturated heterocycles. The Hall–Kier alpha value is -0.787. The van der Waals surface area contributed by atoms with Crippen LogP contribution in [0.25, 0.3) is 11.3 Å². The maximum atomic E-state index is 5.74. The van der Waals surface area contributed by atoms with Gasteiger partial charge in [-0.3, -0.25) is 0 Å². The van der Waals surface area contributed by atoms with Gasteiger partial charge in [0.1, 0.15) is 15.5 Å². The van der Waals surface area contributed by atoms with E-state index >= 15 is 0 Å². The summed E-state index contributed by atoms with van der Waals surface area (Å²) in [5.41, 5.74) is 2.56. The molecule has 0 aliphatic carbocycles. The van der Waals surface area contributed by atoms with Crippen molar-refractivity contribution in [1.29, 1.82) is 0 Å². The van der Waals surface area contributed by atoms with Crippen molar-refractivity contribution in [1.82, 2.24) is 29.2 Å². The first-order chi connectivity index (χ1) is 14.0. The predicted octanol–water partition coefficient (Wildman–Crippen LogP) is 6.44. The number of halogens is 4. The Morgan fingerprint density at radius 2 is 1.34 bits per heavy atom. The van der Waals surface area contributed by atoms with Crippen molar-refractivity contribution in [3.05, 3.63) is 64.7 Å². The van der Waals surface area contributed by atoms with Crippen LogP contribution >= 0.6 is 48.4 Å². The number of aryl methyl sites for hydroxylation is 1. The molecule has 11 heteroatoms. The fraction of sp³-hybridized carbons (Fsp3) is 0.278. The molecule has 0 aromatic carbocycles. The molecule has 0 bridgehead atoms. The van der Waals surface area contributed by atoms with Crippen molar-refractivity contribution in [2.24, 2.45) is 0 Å². The zero-order valence-electron chi connectivity index (χ0n) is 16.2. The molecule has 4 rings (SSSR count). The van der Waals surface area contributed by atoms with E-state index in [1.165, 1.54) is 20.9 Å². The second-order valence-corrected chi connectivity index (χ2v) is 6.63. The van der Waals surface area contributed by atoms with Gasteiger partial charge >= 0.3 is 30.0 Å². The summed E-state index contributed by atoms with van der Waals surface area (Å²) in [5, 5.41) is 9.61. The van der Waals surface area contributed by atoms with Crippen LogP contribution in [0.5, 0.6) is 0 Å². The zero-order chi connectivity index (χ0) is 21.8. The third-order valence-electron chi connectivity index (χ3n) is 3.11. The van der Waals surface area contributed by atoms with Crippen molar-refractivity contribution in [2.75, 3.05) is 0 Å². The van der Waals surface area contributed by atoms with Crippen LogP contribution in [-0.4, -0.2) is 29.2 Å². The summed E-state index contributed by atoms with van der Waals surface area (Å²) in [6.45, 7) is 7.63. The molecule has 0 spiro atoms. The van der Waals surface area contributed by atoms with E-state index in [2.05, 4.69) is 47.6 Å². The van der Waals surface area contributed by atoms with Gasteiger partial charge in [-0.05, 0) is 30.7 Å². The van der Waals surface area contributed by atoms with Crippen molar-refractivity contribution < 1.29 is 16.3 Å². The van der Waals surface area contributed by atoms with E-state index in [0.29, 0.717) is 21.1 Å². The van der Waals surface area contributed by atoms with Gasteiger partial charge < -0.3 is 6.92 Å². The van der Waals surface area contributed by atoms with Crippen LogP contribution in [0.1, 0.15) is 32.4 Å². The maximum absolute atomic E-state index is 5.74. The Kier molecular flexibility index (Phi) is 12.9. The summed E-state index contributed by atoms with van der Waals surface area (Å²) in [7, 11) is 0. The van der Waals surface area contributed by atoms with E-state index in [0.717, 1.165) is 30.6 Å². The second-order valence-electron chi connectivity index (χ2n) is 5.46. The first kappa shape index (κ1) is 26.2. The molecule has 6 nitrogen and oxygen atoms in total. The van der Waals surface area contributed by atoms with Gasteiger partial charge in [-0.25, -0.2) is 19.0 Å². The number of hydrogen-bond acceptors (Lipinski definition) is 4. The van der Waals surface area contributed by atoms with Gasteiger partial charge in [-0.2, -0.15) is 16.6 Å². The van der Waals surface area contributed by atoms with Crippen molar-refractivity contribution >= 4 is 59.7 Å². The number of rotatable bonds is 2. The van der Waals surface area contributed by atoms with Crippen LogP contribution in [0.4, 0.5) is 0 Å². The standard InChI is InChI=1S/C9H10ClN3.C6H3Cl2N3.C3H7.BrH.Zn/c1-2-3-7-4-5-9-11-8(10)6-13(9)12-7;7-4-1-2-6-9-5(8)3-11(6)10-4;1-3-2;;/h4-6H,2-3H2,1H3;1-3H;1,3H2,2H3;1H;/q;;-1;;+2/p-1. The van der Waals surface area contributed by atoms with Crippen molar-refractivity contribution in [3.8, 4) is 0 Å². The second kappa shape index (κ2) is 14.3. The first-order valence-electron chi connectivity index (χ1n) is 8.71. The molecule has 4 aromatic rings. The Balaban J connectivity index is 0.000000240. The topological polar surface area (TPSA) is 60.4 Å². The SMILES string of the molecule is CCCc1ccc2nc(Cl)cn2n1.Clc1cn2nc(Cl)ccc2n1.[CH2-]CC.[Zn+][Br]. The molecule has 0 aliphatic rings. The Morgan fingerprint density at radius 3 is 1.86 bits per heavy atom. The van der Waals surface area contributed by atoms with Crippen molar-refractivity contribution in [2.45, 2.75) is 33.1 Å². The number of aromatic nitrogens is 6. The van der Waals surface area contributed by atoms with Gasteiger partial charge in [-0.1, -0.05) is 55.1 Å². The number of imidazole rings is 2. The van der Waals surface area contributed by atoms with Crippen LogP contribution in [0.3, 0.4) is 0 Å². The summed E-state index contributed by atoms with van der Waals surface area (Å²) in [4.78, 5) is 8.04. The van der Waals surface area contributed by atoms with Crippen molar-refractivity contribution in [3.63, 3.8) is 0 Å². The van der Waals surface area contributed by atoms with Gasteiger partial charge in [0.2, 0.25) is 0 Å². The van der Waals surface area contributed by atoms with Crippen LogP contribution in [0, 0.1) is 6.92 Å². The van der Waals surface area contributed by atoms with Gasteiger partial charge in [0.15, 0.2) is 11.3 Å². The van der Waals surface area contributed by atoms with E-state index in [4.69, 9.17) is 34.8 Å². The molecule has 0 unspecified atom stereocenters. The Bertz CT molecular complexity index is 1010. The zero-order valence-corrected chi connectivity index (χ0v) is 23.0. The summed E-state index contributed by atoms with van der Waals surface area (Å²) in [5.74, 6) is 0. The summed E-state index contributed by atoms with van der Waals surface area (Å²) in [6, 6.07) is 7.34. The van der Waals surface area contributed by atoms with Crippen LogP contribution < -0.4 is 0 Å². The summed E-state index contributed by atoms with van der Waals surface area (Å²) < 4.78 is 3.25. The molecule has 4 aromatic heterocycles. The normalized spacial score (nSPS) is 9.83. The summed E-state index contributed by atoms with van der Waals surface area (Å²) >= 11 is 21.2. The van der Waals surface area contributed by atoms with Crippen LogP contribution in [-0.2, 0) is 22.8 Å². The average molecular weight is 572 g/mol. The Morgan fingerprint density at radius 1 is 0.862 bits per heavy atom. The van der Waals surface area contributed by atoms with Crippen LogP contribution in [0.2, 0.25) is 15.5 Å². The molecule has 152 valence electrons. The molecule has 0 aliphatic heterocycles. The molecule has 0 amide bonds. The van der Waals surface area contributed by atoms with Gasteiger partial charge in [0.05, 0.1) is 18.1 Å². The van der Waals surface area contributed by atoms with E-state index in [-0.39, 0.29) is 0 Å². The first-order valence-corrected chi connectivity index (χ1v) is 16.8. The van der Waals surface area contributed by atoms with Gasteiger partial charge in [0, 0.05) is 0 Å². The monoisotopic (exact) mass is 568 g/mol. The fourth-order valence-corrected chi connectivity index (χ4v) is 2.61. The van der Waals surface area contributed by atoms with Crippen LogP contribution in [0.15, 0.2) is 36.7 Å². The summed E-state index contributed by atoms with van der Waals surface area (Å²) in [6.07, 6.45) is 6.41. The third kappa shape index (κ3) is 8.85. The van der Waals surface area contributed by atoms with Gasteiger partial charge in [0.25, 0.3) is 0 Å². The molecule has 0 radical (unpaired) electrons. The number of fused-ring (bicyclic) bond motifs is 2. The fourth-order valence-electron chi connectivity index (χ4n) is 2.11. The quantitative estimate of drug-likeness (QED) is 0.205. The number of nitrogens with zero attached hydrogens (tertiary/aromatic N) is 6. The molecular formula is C18H20BrCl3N6Zn. The molecule has 29 heavy (non-hydrogen) atoms. The molecule has 0 fully saturated rings. The number of hydrogen-bond donors (Lipinski definition) is 0. The van der Waals surface area contributed by atoms with E-state index < -0.39 is 0 Å². The van der Waals surface area contributed by atoms with E-state index in [9.17, 15) is 0 Å².